The third-order valence-corrected chi connectivity index (χ3v) is 9.60. The molecule has 0 saturated heterocycles. The van der Waals surface area contributed by atoms with E-state index in [2.05, 4.69) is 216 Å². The molecule has 9 rings (SSSR count). The molecular formula is C48H34N2. The van der Waals surface area contributed by atoms with Crippen LogP contribution in [0.4, 0.5) is 17.1 Å². The molecule has 2 nitrogen and oxygen atoms in total. The summed E-state index contributed by atoms with van der Waals surface area (Å²) in [5, 5.41) is 2.54. The molecule has 0 unspecified atom stereocenters. The van der Waals surface area contributed by atoms with E-state index in [1.807, 2.05) is 0 Å². The van der Waals surface area contributed by atoms with Gasteiger partial charge in [-0.3, -0.25) is 0 Å². The van der Waals surface area contributed by atoms with Crippen molar-refractivity contribution in [2.45, 2.75) is 0 Å². The summed E-state index contributed by atoms with van der Waals surface area (Å²) in [5.41, 5.74) is 14.0. The minimum atomic E-state index is 1.10. The first-order valence-electron chi connectivity index (χ1n) is 17.1. The van der Waals surface area contributed by atoms with Crippen LogP contribution < -0.4 is 4.90 Å². The maximum atomic E-state index is 2.41. The van der Waals surface area contributed by atoms with E-state index in [9.17, 15) is 0 Å². The summed E-state index contributed by atoms with van der Waals surface area (Å²) in [7, 11) is 0. The fourth-order valence-electron chi connectivity index (χ4n) is 7.30. The first-order chi connectivity index (χ1) is 24.8. The molecular weight excluding hydrogens is 605 g/mol. The zero-order valence-corrected chi connectivity index (χ0v) is 27.5. The highest BCUT2D eigenvalue weighted by atomic mass is 15.1. The Hall–Kier alpha value is -6.64. The minimum absolute atomic E-state index is 1.10. The van der Waals surface area contributed by atoms with E-state index in [0.29, 0.717) is 0 Å². The van der Waals surface area contributed by atoms with Crippen LogP contribution in [0.1, 0.15) is 0 Å². The van der Waals surface area contributed by atoms with E-state index in [4.69, 9.17) is 0 Å². The number of rotatable bonds is 7. The Balaban J connectivity index is 1.17. The van der Waals surface area contributed by atoms with Crippen LogP contribution in [0.25, 0.3) is 60.9 Å². The largest absolute Gasteiger partial charge is 0.309 e. The summed E-state index contributed by atoms with van der Waals surface area (Å²) >= 11 is 0. The smallest absolute Gasteiger partial charge is 0.0541 e. The monoisotopic (exact) mass is 638 g/mol. The molecule has 2 heteroatoms. The lowest BCUT2D eigenvalue weighted by atomic mass is 9.98. The molecule has 1 aromatic heterocycles. The van der Waals surface area contributed by atoms with Crippen LogP contribution in [0.2, 0.25) is 0 Å². The SMILES string of the molecule is c1ccc(-c2ccccc2N(c2ccc(-c3cccc(-n4c5ccccc5c5ccccc54)c3)cc2)c2ccccc2-c2ccccc2)cc1. The third-order valence-electron chi connectivity index (χ3n) is 9.60. The Morgan fingerprint density at radius 3 is 1.34 bits per heavy atom. The van der Waals surface area contributed by atoms with Crippen molar-refractivity contribution in [3.05, 3.63) is 206 Å². The highest BCUT2D eigenvalue weighted by molar-refractivity contribution is 6.09. The fourth-order valence-corrected chi connectivity index (χ4v) is 7.30. The summed E-state index contributed by atoms with van der Waals surface area (Å²) in [4.78, 5) is 2.41. The highest BCUT2D eigenvalue weighted by Crippen LogP contribution is 2.45. The molecule has 0 spiro atoms. The number of hydrogen-bond acceptors (Lipinski definition) is 1. The minimum Gasteiger partial charge on any atom is -0.309 e. The van der Waals surface area contributed by atoms with Crippen LogP contribution >= 0.6 is 0 Å². The molecule has 0 fully saturated rings. The molecule has 0 N–H and O–H groups in total. The Kier molecular flexibility index (Phi) is 7.53. The maximum Gasteiger partial charge on any atom is 0.0541 e. The van der Waals surface area contributed by atoms with Gasteiger partial charge in [0.05, 0.1) is 22.4 Å². The molecule has 0 aliphatic heterocycles. The van der Waals surface area contributed by atoms with Gasteiger partial charge >= 0.3 is 0 Å². The van der Waals surface area contributed by atoms with Gasteiger partial charge in [0.1, 0.15) is 0 Å². The lowest BCUT2D eigenvalue weighted by Crippen LogP contribution is -2.12. The number of hydrogen-bond donors (Lipinski definition) is 0. The molecule has 0 aliphatic carbocycles. The number of benzene rings is 8. The molecule has 236 valence electrons. The van der Waals surface area contributed by atoms with E-state index in [-0.39, 0.29) is 0 Å². The summed E-state index contributed by atoms with van der Waals surface area (Å²) in [6, 6.07) is 74.0. The lowest BCUT2D eigenvalue weighted by Gasteiger charge is -2.30. The Labute approximate surface area is 292 Å². The van der Waals surface area contributed by atoms with Gasteiger partial charge in [-0.05, 0) is 70.8 Å². The van der Waals surface area contributed by atoms with Gasteiger partial charge in [0.15, 0.2) is 0 Å². The second-order valence-corrected chi connectivity index (χ2v) is 12.6. The van der Waals surface area contributed by atoms with Crippen LogP contribution in [0.5, 0.6) is 0 Å². The summed E-state index contributed by atoms with van der Waals surface area (Å²) in [5.74, 6) is 0. The van der Waals surface area contributed by atoms with E-state index in [0.717, 1.165) is 22.7 Å². The van der Waals surface area contributed by atoms with Crippen LogP contribution in [-0.2, 0) is 0 Å². The molecule has 1 heterocycles. The van der Waals surface area contributed by atoms with E-state index in [1.165, 1.54) is 55.2 Å². The molecule has 9 aromatic rings. The summed E-state index contributed by atoms with van der Waals surface area (Å²) < 4.78 is 2.38. The van der Waals surface area contributed by atoms with E-state index >= 15 is 0 Å². The van der Waals surface area contributed by atoms with Crippen molar-refractivity contribution in [3.63, 3.8) is 0 Å². The second kappa shape index (κ2) is 12.8. The molecule has 0 amide bonds. The zero-order valence-electron chi connectivity index (χ0n) is 27.5. The van der Waals surface area contributed by atoms with Crippen molar-refractivity contribution in [2.24, 2.45) is 0 Å². The molecule has 50 heavy (non-hydrogen) atoms. The predicted octanol–water partition coefficient (Wildman–Crippen LogP) is 13.3. The summed E-state index contributed by atoms with van der Waals surface area (Å²) in [6.45, 7) is 0. The number of fused-ring (bicyclic) bond motifs is 3. The van der Waals surface area contributed by atoms with Crippen LogP contribution in [-0.4, -0.2) is 4.57 Å². The second-order valence-electron chi connectivity index (χ2n) is 12.6. The van der Waals surface area contributed by atoms with Gasteiger partial charge in [-0.1, -0.05) is 158 Å². The molecule has 0 bridgehead atoms. The molecule has 0 atom stereocenters. The van der Waals surface area contributed by atoms with Crippen molar-refractivity contribution in [1.82, 2.24) is 4.57 Å². The highest BCUT2D eigenvalue weighted by Gasteiger charge is 2.20. The fraction of sp³-hybridized carbons (Fsp3) is 0. The van der Waals surface area contributed by atoms with Crippen LogP contribution in [0, 0.1) is 0 Å². The third kappa shape index (κ3) is 5.24. The van der Waals surface area contributed by atoms with Gasteiger partial charge in [-0.2, -0.15) is 0 Å². The van der Waals surface area contributed by atoms with Gasteiger partial charge in [0.25, 0.3) is 0 Å². The van der Waals surface area contributed by atoms with Crippen molar-refractivity contribution in [3.8, 4) is 39.1 Å². The Bertz CT molecular complexity index is 2450. The number of nitrogens with zero attached hydrogens (tertiary/aromatic N) is 2. The number of anilines is 3. The summed E-state index contributed by atoms with van der Waals surface area (Å²) in [6.07, 6.45) is 0. The Morgan fingerprint density at radius 1 is 0.320 bits per heavy atom. The van der Waals surface area contributed by atoms with E-state index < -0.39 is 0 Å². The van der Waals surface area contributed by atoms with E-state index in [1.54, 1.807) is 0 Å². The normalized spacial score (nSPS) is 11.2. The topological polar surface area (TPSA) is 8.17 Å². The van der Waals surface area contributed by atoms with Crippen LogP contribution in [0.3, 0.4) is 0 Å². The van der Waals surface area contributed by atoms with Crippen LogP contribution in [0.15, 0.2) is 206 Å². The molecule has 0 aliphatic rings. The van der Waals surface area contributed by atoms with Gasteiger partial charge in [0, 0.05) is 33.3 Å². The quantitative estimate of drug-likeness (QED) is 0.169. The van der Waals surface area contributed by atoms with Crippen molar-refractivity contribution >= 4 is 38.9 Å². The average Bonchev–Trinajstić information content (AvgIpc) is 3.54. The number of para-hydroxylation sites is 4. The van der Waals surface area contributed by atoms with Crippen molar-refractivity contribution in [2.75, 3.05) is 4.90 Å². The predicted molar refractivity (Wildman–Crippen MR) is 212 cm³/mol. The molecule has 0 radical (unpaired) electrons. The van der Waals surface area contributed by atoms with Gasteiger partial charge < -0.3 is 9.47 Å². The lowest BCUT2D eigenvalue weighted by molar-refractivity contribution is 1.18. The maximum absolute atomic E-state index is 2.41. The van der Waals surface area contributed by atoms with Crippen molar-refractivity contribution < 1.29 is 0 Å². The Morgan fingerprint density at radius 2 is 0.780 bits per heavy atom. The average molecular weight is 639 g/mol. The molecule has 0 saturated carbocycles. The molecule has 8 aromatic carbocycles. The van der Waals surface area contributed by atoms with Crippen molar-refractivity contribution in [1.29, 1.82) is 0 Å². The first-order valence-corrected chi connectivity index (χ1v) is 17.1. The van der Waals surface area contributed by atoms with Gasteiger partial charge in [0.2, 0.25) is 0 Å². The zero-order chi connectivity index (χ0) is 33.3. The standard InChI is InChI=1S/C48H34N2/c1-3-16-36(17-4-1)41-22-7-11-26-45(41)49(46-27-12-8-23-42(46)37-18-5-2-6-19-37)39-32-30-35(31-33-39)38-20-15-21-40(34-38)50-47-28-13-9-24-43(47)44-25-10-14-29-48(44)50/h1-34H. The van der Waals surface area contributed by atoms with Gasteiger partial charge in [-0.25, -0.2) is 0 Å². The first kappa shape index (κ1) is 29.5. The van der Waals surface area contributed by atoms with Gasteiger partial charge in [-0.15, -0.1) is 0 Å². The number of aromatic nitrogens is 1.